The van der Waals surface area contributed by atoms with Gasteiger partial charge < -0.3 is 5.11 Å². The van der Waals surface area contributed by atoms with Gasteiger partial charge in [0.15, 0.2) is 0 Å². The molecule has 0 unspecified atom stereocenters. The number of aromatic hydroxyl groups is 1. The first-order valence-electron chi connectivity index (χ1n) is 8.80. The van der Waals surface area contributed by atoms with E-state index in [1.807, 2.05) is 6.07 Å². The van der Waals surface area contributed by atoms with Crippen molar-refractivity contribution < 1.29 is 5.11 Å². The Morgan fingerprint density at radius 1 is 0.870 bits per heavy atom. The van der Waals surface area contributed by atoms with Gasteiger partial charge in [-0.05, 0) is 66.5 Å². The molecule has 1 heteroatoms. The molecule has 1 aliphatic carbocycles. The molecule has 0 amide bonds. The van der Waals surface area contributed by atoms with Crippen LogP contribution in [0.2, 0.25) is 0 Å². The summed E-state index contributed by atoms with van der Waals surface area (Å²) in [5.41, 5.74) is 6.40. The van der Waals surface area contributed by atoms with E-state index in [2.05, 4.69) is 58.0 Å². The lowest BCUT2D eigenvalue weighted by Crippen LogP contribution is -2.19. The van der Waals surface area contributed by atoms with Crippen molar-refractivity contribution in [3.8, 4) is 5.75 Å². The summed E-state index contributed by atoms with van der Waals surface area (Å²) in [6.07, 6.45) is 4.99. The molecule has 2 aromatic rings. The Kier molecular flexibility index (Phi) is 4.23. The first kappa shape index (κ1) is 16.1. The Hall–Kier alpha value is -1.76. The Bertz CT molecular complexity index is 706. The highest BCUT2D eigenvalue weighted by Crippen LogP contribution is 2.41. The maximum Gasteiger partial charge on any atom is 0.119 e. The Morgan fingerprint density at radius 2 is 1.48 bits per heavy atom. The van der Waals surface area contributed by atoms with E-state index < -0.39 is 0 Å². The van der Waals surface area contributed by atoms with E-state index in [9.17, 15) is 5.11 Å². The largest absolute Gasteiger partial charge is 0.508 e. The highest BCUT2D eigenvalue weighted by molar-refractivity contribution is 5.46. The molecule has 3 rings (SSSR count). The van der Waals surface area contributed by atoms with Crippen LogP contribution in [0.4, 0.5) is 0 Å². The number of rotatable bonds is 3. The molecule has 1 nitrogen and oxygen atoms in total. The minimum absolute atomic E-state index is 0.0560. The molecule has 1 fully saturated rings. The molecule has 0 radical (unpaired) electrons. The van der Waals surface area contributed by atoms with Crippen LogP contribution in [0.25, 0.3) is 0 Å². The molecule has 0 atom stereocenters. The summed E-state index contributed by atoms with van der Waals surface area (Å²) < 4.78 is 0. The summed E-state index contributed by atoms with van der Waals surface area (Å²) in [6.45, 7) is 8.89. The fourth-order valence-electron chi connectivity index (χ4n) is 3.80. The zero-order valence-corrected chi connectivity index (χ0v) is 14.8. The summed E-state index contributed by atoms with van der Waals surface area (Å²) in [7, 11) is 0. The average Bonchev–Trinajstić information content (AvgIpc) is 3.04. The zero-order valence-electron chi connectivity index (χ0n) is 14.8. The number of phenols is 1. The van der Waals surface area contributed by atoms with Crippen molar-refractivity contribution in [3.63, 3.8) is 0 Å². The summed E-state index contributed by atoms with van der Waals surface area (Å²) in [6, 6.07) is 13.0. The van der Waals surface area contributed by atoms with Crippen LogP contribution in [-0.2, 0) is 5.41 Å². The van der Waals surface area contributed by atoms with Gasteiger partial charge in [-0.2, -0.15) is 0 Å². The minimum Gasteiger partial charge on any atom is -0.508 e. The highest BCUT2D eigenvalue weighted by atomic mass is 16.3. The van der Waals surface area contributed by atoms with Crippen molar-refractivity contribution in [1.82, 2.24) is 0 Å². The molecule has 0 heterocycles. The second-order valence-electron chi connectivity index (χ2n) is 7.68. The van der Waals surface area contributed by atoms with Gasteiger partial charge in [-0.15, -0.1) is 0 Å². The van der Waals surface area contributed by atoms with Crippen molar-refractivity contribution in [1.29, 1.82) is 0 Å². The molecular formula is C22H28O. The van der Waals surface area contributed by atoms with Crippen molar-refractivity contribution in [2.75, 3.05) is 0 Å². The summed E-state index contributed by atoms with van der Waals surface area (Å²) in [5.74, 6) is 1.00. The lowest BCUT2D eigenvalue weighted by Gasteiger charge is -2.28. The fourth-order valence-corrected chi connectivity index (χ4v) is 3.80. The van der Waals surface area contributed by atoms with E-state index >= 15 is 0 Å². The first-order chi connectivity index (χ1) is 10.9. The smallest absolute Gasteiger partial charge is 0.119 e. The Balaban J connectivity index is 2.02. The molecule has 0 bridgehead atoms. The van der Waals surface area contributed by atoms with Gasteiger partial charge in [0.25, 0.3) is 0 Å². The minimum atomic E-state index is -0.0560. The van der Waals surface area contributed by atoms with Crippen molar-refractivity contribution >= 4 is 0 Å². The highest BCUT2D eigenvalue weighted by Gasteiger charge is 2.27. The van der Waals surface area contributed by atoms with Crippen LogP contribution in [-0.4, -0.2) is 5.11 Å². The van der Waals surface area contributed by atoms with Crippen LogP contribution < -0.4 is 0 Å². The Morgan fingerprint density at radius 3 is 2.13 bits per heavy atom. The van der Waals surface area contributed by atoms with E-state index in [4.69, 9.17) is 0 Å². The Labute approximate surface area is 140 Å². The van der Waals surface area contributed by atoms with Gasteiger partial charge in [0, 0.05) is 5.41 Å². The average molecular weight is 308 g/mol. The molecule has 0 saturated heterocycles. The monoisotopic (exact) mass is 308 g/mol. The third-order valence-corrected chi connectivity index (χ3v) is 5.77. The molecule has 0 aromatic heterocycles. The number of phenolic OH excluding ortho intramolecular Hbond substituents is 1. The van der Waals surface area contributed by atoms with Gasteiger partial charge in [-0.25, -0.2) is 0 Å². The van der Waals surface area contributed by atoms with Crippen LogP contribution in [0.3, 0.4) is 0 Å². The van der Waals surface area contributed by atoms with E-state index in [0.29, 0.717) is 11.7 Å². The summed E-state index contributed by atoms with van der Waals surface area (Å²) in [5, 5.41) is 10.3. The lowest BCUT2D eigenvalue weighted by atomic mass is 9.76. The predicted molar refractivity (Wildman–Crippen MR) is 97.4 cm³/mol. The fraction of sp³-hybridized carbons (Fsp3) is 0.455. The van der Waals surface area contributed by atoms with E-state index in [-0.39, 0.29) is 5.41 Å². The second kappa shape index (κ2) is 6.03. The number of benzene rings is 2. The maximum atomic E-state index is 10.3. The topological polar surface area (TPSA) is 20.2 Å². The van der Waals surface area contributed by atoms with Crippen molar-refractivity contribution in [3.05, 3.63) is 64.2 Å². The number of hydrogen-bond acceptors (Lipinski definition) is 1. The third-order valence-electron chi connectivity index (χ3n) is 5.77. The molecule has 1 saturated carbocycles. The van der Waals surface area contributed by atoms with Crippen molar-refractivity contribution in [2.45, 2.75) is 64.7 Å². The number of hydrogen-bond donors (Lipinski definition) is 1. The van der Waals surface area contributed by atoms with Gasteiger partial charge in [-0.3, -0.25) is 0 Å². The van der Waals surface area contributed by atoms with Crippen LogP contribution in [0.15, 0.2) is 36.4 Å². The molecule has 1 aliphatic rings. The molecule has 2 aromatic carbocycles. The van der Waals surface area contributed by atoms with Gasteiger partial charge in [0.2, 0.25) is 0 Å². The number of aryl methyl sites for hydroxylation is 2. The van der Waals surface area contributed by atoms with Gasteiger partial charge in [0.1, 0.15) is 5.75 Å². The third kappa shape index (κ3) is 3.02. The van der Waals surface area contributed by atoms with E-state index in [1.165, 1.54) is 47.9 Å². The molecule has 1 N–H and O–H groups in total. The lowest BCUT2D eigenvalue weighted by molar-refractivity contribution is 0.460. The quantitative estimate of drug-likeness (QED) is 0.738. The summed E-state index contributed by atoms with van der Waals surface area (Å²) >= 11 is 0. The van der Waals surface area contributed by atoms with Gasteiger partial charge in [0.05, 0.1) is 0 Å². The van der Waals surface area contributed by atoms with E-state index in [0.717, 1.165) is 5.56 Å². The zero-order chi connectivity index (χ0) is 16.6. The van der Waals surface area contributed by atoms with Crippen LogP contribution in [0.1, 0.15) is 73.3 Å². The van der Waals surface area contributed by atoms with Crippen LogP contribution >= 0.6 is 0 Å². The predicted octanol–water partition coefficient (Wildman–Crippen LogP) is 5.99. The van der Waals surface area contributed by atoms with Crippen LogP contribution in [0.5, 0.6) is 5.75 Å². The van der Waals surface area contributed by atoms with E-state index in [1.54, 1.807) is 0 Å². The first-order valence-corrected chi connectivity index (χ1v) is 8.80. The van der Waals surface area contributed by atoms with Gasteiger partial charge in [-0.1, -0.05) is 57.0 Å². The summed E-state index contributed by atoms with van der Waals surface area (Å²) in [4.78, 5) is 0. The molecule has 0 spiro atoms. The van der Waals surface area contributed by atoms with Crippen molar-refractivity contribution in [2.24, 2.45) is 0 Å². The maximum absolute atomic E-state index is 10.3. The molecular weight excluding hydrogens is 280 g/mol. The molecule has 23 heavy (non-hydrogen) atoms. The standard InChI is InChI=1S/C22H28O/c1-15-9-10-18(13-16(15)2)22(3,4)19-11-12-21(23)20(14-19)17-7-5-6-8-17/h9-14,17,23H,5-8H2,1-4H3. The molecule has 0 aliphatic heterocycles. The normalized spacial score (nSPS) is 16.0. The SMILES string of the molecule is Cc1ccc(C(C)(C)c2ccc(O)c(C3CCCC3)c2)cc1C. The second-order valence-corrected chi connectivity index (χ2v) is 7.68. The molecule has 122 valence electrons. The van der Waals surface area contributed by atoms with Gasteiger partial charge >= 0.3 is 0 Å². The van der Waals surface area contributed by atoms with Crippen LogP contribution in [0, 0.1) is 13.8 Å².